The number of aromatic nitrogens is 4. The van der Waals surface area contributed by atoms with Crippen molar-refractivity contribution in [3.63, 3.8) is 0 Å². The van der Waals surface area contributed by atoms with E-state index in [1.807, 2.05) is 24.3 Å². The third-order valence-electron chi connectivity index (χ3n) is 4.64. The Morgan fingerprint density at radius 3 is 3.04 bits per heavy atom. The van der Waals surface area contributed by atoms with Gasteiger partial charge in [0, 0.05) is 30.3 Å². The van der Waals surface area contributed by atoms with Crippen molar-refractivity contribution in [1.82, 2.24) is 25.2 Å². The first-order chi connectivity index (χ1) is 12.1. The Balaban J connectivity index is 1.44. The van der Waals surface area contributed by atoms with E-state index in [4.69, 9.17) is 4.52 Å². The lowest BCUT2D eigenvalue weighted by molar-refractivity contribution is -0.121. The zero-order valence-electron chi connectivity index (χ0n) is 14.4. The number of amides is 1. The molecule has 25 heavy (non-hydrogen) atoms. The summed E-state index contributed by atoms with van der Waals surface area (Å²) in [6.07, 6.45) is 1.93. The van der Waals surface area contributed by atoms with Crippen LogP contribution in [0.25, 0.3) is 11.0 Å². The van der Waals surface area contributed by atoms with E-state index in [1.165, 1.54) is 0 Å². The Kier molecular flexibility index (Phi) is 3.99. The quantitative estimate of drug-likeness (QED) is 0.788. The number of carbonyl (C=O) groups is 1. The summed E-state index contributed by atoms with van der Waals surface area (Å²) in [6, 6.07) is 7.68. The third kappa shape index (κ3) is 3.01. The van der Waals surface area contributed by atoms with Gasteiger partial charge in [-0.1, -0.05) is 31.1 Å². The second-order valence-corrected chi connectivity index (χ2v) is 6.85. The molecule has 0 radical (unpaired) electrons. The predicted molar refractivity (Wildman–Crippen MR) is 92.1 cm³/mol. The normalized spacial score (nSPS) is 17.0. The van der Waals surface area contributed by atoms with Crippen LogP contribution in [-0.2, 0) is 24.2 Å². The summed E-state index contributed by atoms with van der Waals surface area (Å²) < 4.78 is 7.41. The van der Waals surface area contributed by atoms with Gasteiger partial charge >= 0.3 is 0 Å². The fraction of sp³-hybridized carbons (Fsp3) is 0.444. The standard InChI is InChI=1S/C18H21N5O2/c1-11(2)18-21-20-16-8-7-12(10-23(16)18)19-17(24)9-14-13-5-3-4-6-15(13)25-22-14/h3-6,11-12H,7-10H2,1-2H3,(H,19,24)/t12-/m0/s1. The minimum absolute atomic E-state index is 0.0355. The maximum absolute atomic E-state index is 12.5. The maximum atomic E-state index is 12.5. The van der Waals surface area contributed by atoms with Crippen LogP contribution in [0.4, 0.5) is 0 Å². The van der Waals surface area contributed by atoms with Crippen LogP contribution in [0.1, 0.15) is 43.5 Å². The van der Waals surface area contributed by atoms with Crippen LogP contribution in [0.15, 0.2) is 28.8 Å². The lowest BCUT2D eigenvalue weighted by atomic mass is 10.1. The number of nitrogens with zero attached hydrogens (tertiary/aromatic N) is 4. The van der Waals surface area contributed by atoms with Crippen LogP contribution in [0.3, 0.4) is 0 Å². The number of fused-ring (bicyclic) bond motifs is 2. The minimum atomic E-state index is -0.0355. The van der Waals surface area contributed by atoms with Crippen molar-refractivity contribution in [3.8, 4) is 0 Å². The molecule has 0 spiro atoms. The van der Waals surface area contributed by atoms with E-state index >= 15 is 0 Å². The van der Waals surface area contributed by atoms with E-state index < -0.39 is 0 Å². The molecule has 0 aliphatic carbocycles. The maximum Gasteiger partial charge on any atom is 0.226 e. The number of rotatable bonds is 4. The highest BCUT2D eigenvalue weighted by Crippen LogP contribution is 2.21. The van der Waals surface area contributed by atoms with Crippen molar-refractivity contribution < 1.29 is 9.32 Å². The van der Waals surface area contributed by atoms with Crippen LogP contribution in [-0.4, -0.2) is 31.9 Å². The molecule has 0 unspecified atom stereocenters. The van der Waals surface area contributed by atoms with Crippen LogP contribution < -0.4 is 5.32 Å². The summed E-state index contributed by atoms with van der Waals surface area (Å²) in [5, 5.41) is 16.6. The first-order valence-electron chi connectivity index (χ1n) is 8.66. The van der Waals surface area contributed by atoms with Crippen molar-refractivity contribution in [2.24, 2.45) is 0 Å². The molecule has 1 aliphatic heterocycles. The minimum Gasteiger partial charge on any atom is -0.356 e. The number of carbonyl (C=O) groups excluding carboxylic acids is 1. The van der Waals surface area contributed by atoms with Gasteiger partial charge in [-0.05, 0) is 18.6 Å². The molecule has 0 saturated carbocycles. The molecule has 3 heterocycles. The molecule has 7 nitrogen and oxygen atoms in total. The average molecular weight is 339 g/mol. The molecule has 7 heteroatoms. The molecule has 0 bridgehead atoms. The highest BCUT2D eigenvalue weighted by atomic mass is 16.5. The molecular weight excluding hydrogens is 318 g/mol. The topological polar surface area (TPSA) is 85.8 Å². The van der Waals surface area contributed by atoms with Gasteiger partial charge in [-0.2, -0.15) is 0 Å². The molecule has 0 saturated heterocycles. The van der Waals surface area contributed by atoms with Crippen LogP contribution in [0, 0.1) is 0 Å². The lowest BCUT2D eigenvalue weighted by Gasteiger charge is -2.25. The van der Waals surface area contributed by atoms with Gasteiger partial charge in [0.1, 0.15) is 17.3 Å². The van der Waals surface area contributed by atoms with Gasteiger partial charge in [0.15, 0.2) is 5.58 Å². The molecule has 3 aromatic rings. The molecule has 4 rings (SSSR count). The summed E-state index contributed by atoms with van der Waals surface area (Å²) in [4.78, 5) is 12.5. The molecule has 1 atom stereocenters. The lowest BCUT2D eigenvalue weighted by Crippen LogP contribution is -2.42. The number of hydrogen-bond donors (Lipinski definition) is 1. The predicted octanol–water partition coefficient (Wildman–Crippen LogP) is 2.22. The van der Waals surface area contributed by atoms with Gasteiger partial charge in [0.05, 0.1) is 6.42 Å². The Morgan fingerprint density at radius 1 is 1.36 bits per heavy atom. The van der Waals surface area contributed by atoms with Crippen molar-refractivity contribution in [2.75, 3.05) is 0 Å². The SMILES string of the molecule is CC(C)c1nnc2n1C[C@@H](NC(=O)Cc1noc3ccccc13)CC2. The molecule has 130 valence electrons. The number of aryl methyl sites for hydroxylation is 1. The summed E-state index contributed by atoms with van der Waals surface area (Å²) in [5.74, 6) is 2.28. The van der Waals surface area contributed by atoms with Crippen molar-refractivity contribution in [1.29, 1.82) is 0 Å². The average Bonchev–Trinajstić information content (AvgIpc) is 3.19. The fourth-order valence-corrected chi connectivity index (χ4v) is 3.39. The smallest absolute Gasteiger partial charge is 0.226 e. The zero-order chi connectivity index (χ0) is 17.4. The molecule has 0 fully saturated rings. The summed E-state index contributed by atoms with van der Waals surface area (Å²) in [6.45, 7) is 4.94. The van der Waals surface area contributed by atoms with Gasteiger partial charge in [-0.3, -0.25) is 4.79 Å². The summed E-state index contributed by atoms with van der Waals surface area (Å²) >= 11 is 0. The van der Waals surface area contributed by atoms with Gasteiger partial charge in [0.2, 0.25) is 5.91 Å². The number of benzene rings is 1. The van der Waals surface area contributed by atoms with E-state index in [9.17, 15) is 4.79 Å². The van der Waals surface area contributed by atoms with Gasteiger partial charge < -0.3 is 14.4 Å². The summed E-state index contributed by atoms with van der Waals surface area (Å²) in [5.41, 5.74) is 1.38. The zero-order valence-corrected chi connectivity index (χ0v) is 14.4. The van der Waals surface area contributed by atoms with E-state index in [0.29, 0.717) is 17.2 Å². The highest BCUT2D eigenvalue weighted by Gasteiger charge is 2.25. The number of para-hydroxylation sites is 1. The van der Waals surface area contributed by atoms with Crippen molar-refractivity contribution in [2.45, 2.75) is 51.6 Å². The largest absolute Gasteiger partial charge is 0.356 e. The first kappa shape index (κ1) is 15.8. The van der Waals surface area contributed by atoms with Gasteiger partial charge in [-0.25, -0.2) is 0 Å². The Hall–Kier alpha value is -2.70. The van der Waals surface area contributed by atoms with Crippen LogP contribution >= 0.6 is 0 Å². The Bertz CT molecular complexity index is 911. The number of hydrogen-bond acceptors (Lipinski definition) is 5. The monoisotopic (exact) mass is 339 g/mol. The van der Waals surface area contributed by atoms with E-state index in [0.717, 1.165) is 36.4 Å². The van der Waals surface area contributed by atoms with Gasteiger partial charge in [0.25, 0.3) is 0 Å². The second kappa shape index (κ2) is 6.31. The molecular formula is C18H21N5O2. The highest BCUT2D eigenvalue weighted by molar-refractivity contribution is 5.86. The fourth-order valence-electron chi connectivity index (χ4n) is 3.39. The van der Waals surface area contributed by atoms with Crippen molar-refractivity contribution >= 4 is 16.9 Å². The van der Waals surface area contributed by atoms with E-state index in [2.05, 4.69) is 39.1 Å². The molecule has 1 amide bonds. The van der Waals surface area contributed by atoms with E-state index in [-0.39, 0.29) is 18.4 Å². The van der Waals surface area contributed by atoms with Crippen LogP contribution in [0.5, 0.6) is 0 Å². The molecule has 1 N–H and O–H groups in total. The van der Waals surface area contributed by atoms with E-state index in [1.54, 1.807) is 0 Å². The molecule has 1 aromatic carbocycles. The second-order valence-electron chi connectivity index (χ2n) is 6.85. The van der Waals surface area contributed by atoms with Crippen LogP contribution in [0.2, 0.25) is 0 Å². The summed E-state index contributed by atoms with van der Waals surface area (Å²) in [7, 11) is 0. The molecule has 2 aromatic heterocycles. The van der Waals surface area contributed by atoms with Crippen molar-refractivity contribution in [3.05, 3.63) is 41.6 Å². The third-order valence-corrected chi connectivity index (χ3v) is 4.64. The first-order valence-corrected chi connectivity index (χ1v) is 8.66. The Labute approximate surface area is 145 Å². The molecule has 1 aliphatic rings. The van der Waals surface area contributed by atoms with Gasteiger partial charge in [-0.15, -0.1) is 10.2 Å². The number of nitrogens with one attached hydrogen (secondary N) is 1. The Morgan fingerprint density at radius 2 is 2.20 bits per heavy atom.